The lowest BCUT2D eigenvalue weighted by Gasteiger charge is -2.11. The summed E-state index contributed by atoms with van der Waals surface area (Å²) in [6, 6.07) is 8.05. The Morgan fingerprint density at radius 2 is 1.94 bits per heavy atom. The molecule has 0 saturated carbocycles. The van der Waals surface area contributed by atoms with Crippen molar-refractivity contribution in [3.8, 4) is 0 Å². The standard InChI is InChI=1S/C12H13N3O2S/c1-9-6-7-14-8-11(9)15-18(16,17)12-5-3-2-4-10(12)13/h2-8,15H,13H2,1H3. The third-order valence-corrected chi connectivity index (χ3v) is 3.93. The van der Waals surface area contributed by atoms with Gasteiger partial charge in [0, 0.05) is 6.20 Å². The van der Waals surface area contributed by atoms with Crippen molar-refractivity contribution in [3.05, 3.63) is 48.3 Å². The highest BCUT2D eigenvalue weighted by Gasteiger charge is 2.17. The van der Waals surface area contributed by atoms with E-state index in [0.717, 1.165) is 5.56 Å². The molecule has 2 aromatic rings. The predicted octanol–water partition coefficient (Wildman–Crippen LogP) is 1.77. The average Bonchev–Trinajstić information content (AvgIpc) is 2.32. The minimum absolute atomic E-state index is 0.0632. The third kappa shape index (κ3) is 2.43. The molecule has 1 aromatic carbocycles. The zero-order valence-electron chi connectivity index (χ0n) is 9.79. The molecule has 0 saturated heterocycles. The molecule has 0 fully saturated rings. The van der Waals surface area contributed by atoms with Crippen molar-refractivity contribution in [2.75, 3.05) is 10.5 Å². The summed E-state index contributed by atoms with van der Waals surface area (Å²) in [5.74, 6) is 0. The summed E-state index contributed by atoms with van der Waals surface area (Å²) in [4.78, 5) is 3.95. The number of nitrogen functional groups attached to an aromatic ring is 1. The van der Waals surface area contributed by atoms with Crippen LogP contribution in [-0.2, 0) is 10.0 Å². The molecule has 1 aromatic heterocycles. The van der Waals surface area contributed by atoms with Gasteiger partial charge >= 0.3 is 0 Å². The first-order chi connectivity index (χ1) is 8.50. The summed E-state index contributed by atoms with van der Waals surface area (Å²) in [5.41, 5.74) is 7.12. The minimum atomic E-state index is -3.68. The summed E-state index contributed by atoms with van der Waals surface area (Å²) in [7, 11) is -3.68. The third-order valence-electron chi connectivity index (χ3n) is 2.49. The molecule has 0 bridgehead atoms. The van der Waals surface area contributed by atoms with Gasteiger partial charge < -0.3 is 5.73 Å². The molecule has 94 valence electrons. The van der Waals surface area contributed by atoms with Gasteiger partial charge in [0.05, 0.1) is 17.6 Å². The van der Waals surface area contributed by atoms with Crippen molar-refractivity contribution in [1.82, 2.24) is 4.98 Å². The smallest absolute Gasteiger partial charge is 0.264 e. The lowest BCUT2D eigenvalue weighted by molar-refractivity contribution is 0.601. The number of benzene rings is 1. The number of aryl methyl sites for hydroxylation is 1. The molecule has 0 spiro atoms. The molecule has 0 unspecified atom stereocenters. The fourth-order valence-corrected chi connectivity index (χ4v) is 2.75. The van der Waals surface area contributed by atoms with Gasteiger partial charge in [-0.3, -0.25) is 9.71 Å². The molecule has 18 heavy (non-hydrogen) atoms. The number of nitrogens with two attached hydrogens (primary N) is 1. The highest BCUT2D eigenvalue weighted by Crippen LogP contribution is 2.22. The zero-order chi connectivity index (χ0) is 13.2. The molecule has 0 radical (unpaired) electrons. The van der Waals surface area contributed by atoms with E-state index in [9.17, 15) is 8.42 Å². The number of rotatable bonds is 3. The molecular weight excluding hydrogens is 250 g/mol. The SMILES string of the molecule is Cc1ccncc1NS(=O)(=O)c1ccccc1N. The van der Waals surface area contributed by atoms with Crippen LogP contribution in [0.1, 0.15) is 5.56 Å². The van der Waals surface area contributed by atoms with E-state index >= 15 is 0 Å². The normalized spacial score (nSPS) is 11.2. The molecule has 0 atom stereocenters. The van der Waals surface area contributed by atoms with Gasteiger partial charge in [0.25, 0.3) is 10.0 Å². The van der Waals surface area contributed by atoms with Crippen molar-refractivity contribution in [3.63, 3.8) is 0 Å². The van der Waals surface area contributed by atoms with Crippen LogP contribution in [0.25, 0.3) is 0 Å². The van der Waals surface area contributed by atoms with Gasteiger partial charge in [-0.05, 0) is 30.7 Å². The fourth-order valence-electron chi connectivity index (χ4n) is 1.50. The summed E-state index contributed by atoms with van der Waals surface area (Å²) < 4.78 is 26.8. The van der Waals surface area contributed by atoms with Crippen LogP contribution in [-0.4, -0.2) is 13.4 Å². The lowest BCUT2D eigenvalue weighted by atomic mass is 10.3. The number of anilines is 2. The largest absolute Gasteiger partial charge is 0.398 e. The molecule has 0 aliphatic heterocycles. The Hall–Kier alpha value is -2.08. The van der Waals surface area contributed by atoms with Crippen molar-refractivity contribution < 1.29 is 8.42 Å². The quantitative estimate of drug-likeness (QED) is 0.826. The number of hydrogen-bond acceptors (Lipinski definition) is 4. The van der Waals surface area contributed by atoms with E-state index < -0.39 is 10.0 Å². The van der Waals surface area contributed by atoms with Crippen LogP contribution >= 0.6 is 0 Å². The molecule has 6 heteroatoms. The number of para-hydroxylation sites is 1. The first kappa shape index (κ1) is 12.4. The second-order valence-corrected chi connectivity index (χ2v) is 5.48. The van der Waals surface area contributed by atoms with Crippen molar-refractivity contribution >= 4 is 21.4 Å². The maximum absolute atomic E-state index is 12.2. The van der Waals surface area contributed by atoms with Crippen LogP contribution in [0.15, 0.2) is 47.6 Å². The van der Waals surface area contributed by atoms with E-state index in [2.05, 4.69) is 9.71 Å². The monoisotopic (exact) mass is 263 g/mol. The maximum Gasteiger partial charge on any atom is 0.264 e. The minimum Gasteiger partial charge on any atom is -0.398 e. The van der Waals surface area contributed by atoms with E-state index in [1.54, 1.807) is 37.4 Å². The summed E-state index contributed by atoms with van der Waals surface area (Å²) in [6.45, 7) is 1.80. The number of sulfonamides is 1. The van der Waals surface area contributed by atoms with Gasteiger partial charge in [-0.2, -0.15) is 0 Å². The molecule has 0 aliphatic carbocycles. The highest BCUT2D eigenvalue weighted by molar-refractivity contribution is 7.92. The molecule has 1 heterocycles. The molecule has 0 amide bonds. The second-order valence-electron chi connectivity index (χ2n) is 3.83. The second kappa shape index (κ2) is 4.66. The zero-order valence-corrected chi connectivity index (χ0v) is 10.6. The van der Waals surface area contributed by atoms with Gasteiger partial charge in [-0.1, -0.05) is 12.1 Å². The fraction of sp³-hybridized carbons (Fsp3) is 0.0833. The molecule has 5 nitrogen and oxygen atoms in total. The number of nitrogens with one attached hydrogen (secondary N) is 1. The predicted molar refractivity (Wildman–Crippen MR) is 70.6 cm³/mol. The first-order valence-corrected chi connectivity index (χ1v) is 6.77. The van der Waals surface area contributed by atoms with E-state index in [0.29, 0.717) is 5.69 Å². The molecule has 3 N–H and O–H groups in total. The Kier molecular flexibility index (Phi) is 3.20. The number of nitrogens with zero attached hydrogens (tertiary/aromatic N) is 1. The highest BCUT2D eigenvalue weighted by atomic mass is 32.2. The Morgan fingerprint density at radius 1 is 1.22 bits per heavy atom. The van der Waals surface area contributed by atoms with Gasteiger partial charge in [-0.15, -0.1) is 0 Å². The van der Waals surface area contributed by atoms with Crippen LogP contribution < -0.4 is 10.5 Å². The van der Waals surface area contributed by atoms with Gasteiger partial charge in [0.2, 0.25) is 0 Å². The van der Waals surface area contributed by atoms with Crippen LogP contribution in [0.4, 0.5) is 11.4 Å². The van der Waals surface area contributed by atoms with Crippen molar-refractivity contribution in [2.24, 2.45) is 0 Å². The summed E-state index contributed by atoms with van der Waals surface area (Å²) >= 11 is 0. The van der Waals surface area contributed by atoms with E-state index in [1.807, 2.05) is 0 Å². The summed E-state index contributed by atoms with van der Waals surface area (Å²) in [6.07, 6.45) is 3.07. The van der Waals surface area contributed by atoms with Crippen molar-refractivity contribution in [1.29, 1.82) is 0 Å². The first-order valence-electron chi connectivity index (χ1n) is 5.28. The van der Waals surface area contributed by atoms with Gasteiger partial charge in [0.15, 0.2) is 0 Å². The van der Waals surface area contributed by atoms with E-state index in [1.165, 1.54) is 12.3 Å². The van der Waals surface area contributed by atoms with E-state index in [4.69, 9.17) is 5.73 Å². The van der Waals surface area contributed by atoms with Crippen LogP contribution in [0.5, 0.6) is 0 Å². The number of aromatic nitrogens is 1. The van der Waals surface area contributed by atoms with Crippen LogP contribution in [0, 0.1) is 6.92 Å². The Balaban J connectivity index is 2.40. The Morgan fingerprint density at radius 3 is 2.61 bits per heavy atom. The number of pyridine rings is 1. The maximum atomic E-state index is 12.2. The molecular formula is C12H13N3O2S. The van der Waals surface area contributed by atoms with Gasteiger partial charge in [0.1, 0.15) is 4.90 Å². The van der Waals surface area contributed by atoms with Crippen molar-refractivity contribution in [2.45, 2.75) is 11.8 Å². The van der Waals surface area contributed by atoms with Gasteiger partial charge in [-0.25, -0.2) is 8.42 Å². The van der Waals surface area contributed by atoms with E-state index in [-0.39, 0.29) is 10.6 Å². The Labute approximate surface area is 106 Å². The van der Waals surface area contributed by atoms with Crippen LogP contribution in [0.2, 0.25) is 0 Å². The van der Waals surface area contributed by atoms with Crippen LogP contribution in [0.3, 0.4) is 0 Å². The molecule has 2 rings (SSSR count). The Bertz CT molecular complexity index is 669. The summed E-state index contributed by atoms with van der Waals surface area (Å²) in [5, 5.41) is 0. The topological polar surface area (TPSA) is 85.1 Å². The number of hydrogen-bond donors (Lipinski definition) is 2. The lowest BCUT2D eigenvalue weighted by Crippen LogP contribution is -2.15. The molecule has 0 aliphatic rings. The average molecular weight is 263 g/mol.